The first-order valence-corrected chi connectivity index (χ1v) is 10.5. The summed E-state index contributed by atoms with van der Waals surface area (Å²) in [4.78, 5) is 2.45. The molecule has 1 aliphatic carbocycles. The van der Waals surface area contributed by atoms with Crippen molar-refractivity contribution in [3.63, 3.8) is 0 Å². The van der Waals surface area contributed by atoms with Crippen LogP contribution < -0.4 is 10.6 Å². The molecule has 2 heterocycles. The monoisotopic (exact) mass is 404 g/mol. The van der Waals surface area contributed by atoms with Gasteiger partial charge in [0, 0.05) is 47.2 Å². The Morgan fingerprint density at radius 2 is 1.97 bits per heavy atom. The van der Waals surface area contributed by atoms with Crippen LogP contribution in [0.15, 0.2) is 61.3 Å². The predicted molar refractivity (Wildman–Crippen MR) is 119 cm³/mol. The van der Waals surface area contributed by atoms with Gasteiger partial charge in [-0.2, -0.15) is 5.10 Å². The molecule has 0 bridgehead atoms. The van der Waals surface area contributed by atoms with Crippen molar-refractivity contribution in [1.29, 1.82) is 0 Å². The van der Waals surface area contributed by atoms with Crippen molar-refractivity contribution in [3.8, 4) is 0 Å². The molecule has 0 unspecified atom stereocenters. The highest BCUT2D eigenvalue weighted by molar-refractivity contribution is 6.31. The minimum absolute atomic E-state index is 0.130. The number of H-pyrrole nitrogens is 1. The third-order valence-corrected chi connectivity index (χ3v) is 7.04. The number of aromatic nitrogens is 2. The zero-order valence-electron chi connectivity index (χ0n) is 16.4. The summed E-state index contributed by atoms with van der Waals surface area (Å²) in [6.07, 6.45) is 5.00. The lowest BCUT2D eigenvalue weighted by molar-refractivity contribution is 0.187. The Bertz CT molecular complexity index is 1050. The molecule has 0 saturated carbocycles. The number of hydrogen-bond donors (Lipinski definition) is 2. The molecule has 2 aliphatic rings. The fourth-order valence-electron chi connectivity index (χ4n) is 5.09. The van der Waals surface area contributed by atoms with Crippen LogP contribution >= 0.6 is 11.6 Å². The zero-order valence-corrected chi connectivity index (χ0v) is 17.1. The van der Waals surface area contributed by atoms with Gasteiger partial charge in [0.2, 0.25) is 0 Å². The molecule has 1 aromatic heterocycles. The van der Waals surface area contributed by atoms with Gasteiger partial charge >= 0.3 is 0 Å². The number of nitrogens with one attached hydrogen (secondary N) is 1. The first kappa shape index (κ1) is 18.5. The van der Waals surface area contributed by atoms with E-state index in [9.17, 15) is 0 Å². The largest absolute Gasteiger partial charge is 0.371 e. The van der Waals surface area contributed by atoms with E-state index in [4.69, 9.17) is 17.3 Å². The smallest absolute Gasteiger partial charge is 0.0650 e. The summed E-state index contributed by atoms with van der Waals surface area (Å²) in [6.45, 7) is 6.26. The summed E-state index contributed by atoms with van der Waals surface area (Å²) in [5, 5.41) is 7.79. The molecule has 5 rings (SSSR count). The average Bonchev–Trinajstić information content (AvgIpc) is 3.36. The molecule has 29 heavy (non-hydrogen) atoms. The molecular weight excluding hydrogens is 380 g/mol. The Balaban J connectivity index is 1.40. The van der Waals surface area contributed by atoms with Gasteiger partial charge in [-0.3, -0.25) is 5.10 Å². The molecule has 3 N–H and O–H groups in total. The van der Waals surface area contributed by atoms with Gasteiger partial charge in [-0.1, -0.05) is 42.4 Å². The standard InChI is InChI=1S/C24H25ClN4/c1-16(21-8-11-27-28-21)20-14-18(25)6-7-22(20)29-12-9-24(10-13-29)15-17-4-2-3-5-19(17)23(24)26/h2-8,11,14,23H,1,9-10,12-13,15,26H2,(H,27,28)/t23-/m1/s1. The van der Waals surface area contributed by atoms with Crippen molar-refractivity contribution in [2.24, 2.45) is 11.1 Å². The van der Waals surface area contributed by atoms with Crippen molar-refractivity contribution in [2.75, 3.05) is 18.0 Å². The highest BCUT2D eigenvalue weighted by atomic mass is 35.5. The van der Waals surface area contributed by atoms with Gasteiger partial charge in [0.25, 0.3) is 0 Å². The molecule has 3 aromatic rings. The Morgan fingerprint density at radius 3 is 2.69 bits per heavy atom. The topological polar surface area (TPSA) is 57.9 Å². The van der Waals surface area contributed by atoms with Crippen LogP contribution in [0.5, 0.6) is 0 Å². The van der Waals surface area contributed by atoms with Crippen LogP contribution in [0.2, 0.25) is 5.02 Å². The van der Waals surface area contributed by atoms with Crippen molar-refractivity contribution < 1.29 is 0 Å². The highest BCUT2D eigenvalue weighted by Crippen LogP contribution is 2.51. The minimum atomic E-state index is 0.130. The second-order valence-electron chi connectivity index (χ2n) is 8.31. The van der Waals surface area contributed by atoms with Crippen LogP contribution in [0.3, 0.4) is 0 Å². The molecule has 1 atom stereocenters. The second-order valence-corrected chi connectivity index (χ2v) is 8.75. The number of benzene rings is 2. The van der Waals surface area contributed by atoms with Gasteiger partial charge in [-0.15, -0.1) is 0 Å². The van der Waals surface area contributed by atoms with Gasteiger partial charge in [0.05, 0.1) is 5.69 Å². The molecule has 0 radical (unpaired) electrons. The van der Waals surface area contributed by atoms with Crippen LogP contribution in [0, 0.1) is 5.41 Å². The van der Waals surface area contributed by atoms with E-state index in [1.165, 1.54) is 16.8 Å². The minimum Gasteiger partial charge on any atom is -0.371 e. The number of fused-ring (bicyclic) bond motifs is 1. The second kappa shape index (κ2) is 7.05. The maximum Gasteiger partial charge on any atom is 0.0650 e. The average molecular weight is 405 g/mol. The van der Waals surface area contributed by atoms with Crippen LogP contribution in [0.25, 0.3) is 5.57 Å². The third kappa shape index (κ3) is 3.07. The molecule has 1 fully saturated rings. The number of nitrogens with zero attached hydrogens (tertiary/aromatic N) is 2. The fraction of sp³-hybridized carbons (Fsp3) is 0.292. The lowest BCUT2D eigenvalue weighted by atomic mass is 9.73. The van der Waals surface area contributed by atoms with Crippen LogP contribution in [0.4, 0.5) is 5.69 Å². The van der Waals surface area contributed by atoms with Gasteiger partial charge in [-0.25, -0.2) is 0 Å². The number of halogens is 1. The van der Waals surface area contributed by atoms with Gasteiger partial charge < -0.3 is 10.6 Å². The summed E-state index contributed by atoms with van der Waals surface area (Å²) in [6, 6.07) is 16.8. The molecule has 2 aromatic carbocycles. The summed E-state index contributed by atoms with van der Waals surface area (Å²) in [5.41, 5.74) is 13.7. The zero-order chi connectivity index (χ0) is 20.0. The Hall–Kier alpha value is -2.56. The molecule has 1 saturated heterocycles. The highest BCUT2D eigenvalue weighted by Gasteiger charge is 2.45. The number of anilines is 1. The van der Waals surface area contributed by atoms with E-state index in [0.29, 0.717) is 5.02 Å². The Labute approximate surface area is 176 Å². The summed E-state index contributed by atoms with van der Waals surface area (Å²) >= 11 is 6.33. The van der Waals surface area contributed by atoms with E-state index in [1.54, 1.807) is 6.20 Å². The number of hydrogen-bond acceptors (Lipinski definition) is 3. The van der Waals surface area contributed by atoms with E-state index in [1.807, 2.05) is 18.2 Å². The summed E-state index contributed by atoms with van der Waals surface area (Å²) < 4.78 is 0. The van der Waals surface area contributed by atoms with Crippen molar-refractivity contribution in [1.82, 2.24) is 10.2 Å². The first-order valence-electron chi connectivity index (χ1n) is 10.1. The summed E-state index contributed by atoms with van der Waals surface area (Å²) in [5.74, 6) is 0. The third-order valence-electron chi connectivity index (χ3n) is 6.80. The van der Waals surface area contributed by atoms with Gasteiger partial charge in [0.1, 0.15) is 0 Å². The van der Waals surface area contributed by atoms with E-state index < -0.39 is 0 Å². The van der Waals surface area contributed by atoms with E-state index >= 15 is 0 Å². The van der Waals surface area contributed by atoms with E-state index in [0.717, 1.165) is 49.2 Å². The quantitative estimate of drug-likeness (QED) is 0.648. The lowest BCUT2D eigenvalue weighted by Crippen LogP contribution is -2.44. The van der Waals surface area contributed by atoms with Crippen LogP contribution in [-0.2, 0) is 6.42 Å². The van der Waals surface area contributed by atoms with Gasteiger partial charge in [0.15, 0.2) is 0 Å². The molecule has 1 aliphatic heterocycles. The van der Waals surface area contributed by atoms with Crippen molar-refractivity contribution in [2.45, 2.75) is 25.3 Å². The van der Waals surface area contributed by atoms with Crippen molar-refractivity contribution >= 4 is 22.9 Å². The van der Waals surface area contributed by atoms with E-state index in [2.05, 4.69) is 52.0 Å². The SMILES string of the molecule is C=C(c1ccn[nH]1)c1cc(Cl)ccc1N1CCC2(CC1)Cc1ccccc1[C@H]2N. The molecule has 148 valence electrons. The maximum atomic E-state index is 6.74. The maximum absolute atomic E-state index is 6.74. The van der Waals surface area contributed by atoms with Crippen molar-refractivity contribution in [3.05, 3.63) is 88.7 Å². The first-order chi connectivity index (χ1) is 14.1. The fourth-order valence-corrected chi connectivity index (χ4v) is 5.27. The molecule has 5 heteroatoms. The van der Waals surface area contributed by atoms with Crippen LogP contribution in [0.1, 0.15) is 41.3 Å². The lowest BCUT2D eigenvalue weighted by Gasteiger charge is -2.43. The molecule has 0 amide bonds. The number of aromatic amines is 1. The molecular formula is C24H25ClN4. The number of rotatable bonds is 3. The van der Waals surface area contributed by atoms with E-state index in [-0.39, 0.29) is 11.5 Å². The molecule has 1 spiro atoms. The summed E-state index contributed by atoms with van der Waals surface area (Å²) in [7, 11) is 0. The van der Waals surface area contributed by atoms with Crippen LogP contribution in [-0.4, -0.2) is 23.3 Å². The number of nitrogens with two attached hydrogens (primary N) is 1. The number of piperidine rings is 1. The van der Waals surface area contributed by atoms with Gasteiger partial charge in [-0.05, 0) is 60.1 Å². The predicted octanol–water partition coefficient (Wildman–Crippen LogP) is 4.97. The Morgan fingerprint density at radius 1 is 1.17 bits per heavy atom. The Kier molecular flexibility index (Phi) is 4.49. The normalized spacial score (nSPS) is 20.1. The molecule has 4 nitrogen and oxygen atoms in total.